The number of rotatable bonds is 4. The Morgan fingerprint density at radius 1 is 1.06 bits per heavy atom. The van der Waals surface area contributed by atoms with E-state index in [1.165, 1.54) is 18.5 Å². The Kier molecular flexibility index (Phi) is 4.95. The van der Waals surface area contributed by atoms with Gasteiger partial charge >= 0.3 is 0 Å². The summed E-state index contributed by atoms with van der Waals surface area (Å²) < 4.78 is 14.8. The topological polar surface area (TPSA) is 112 Å². The first-order valence-electron chi connectivity index (χ1n) is 11.1. The molecule has 0 saturated heterocycles. The van der Waals surface area contributed by atoms with Gasteiger partial charge in [0.2, 0.25) is 5.56 Å². The summed E-state index contributed by atoms with van der Waals surface area (Å²) in [7, 11) is 0. The van der Waals surface area contributed by atoms with Crippen LogP contribution in [0.3, 0.4) is 0 Å². The highest BCUT2D eigenvalue weighted by Crippen LogP contribution is 2.33. The maximum absolute atomic E-state index is 14.8. The number of nitrogens with one attached hydrogen (secondary N) is 1. The van der Waals surface area contributed by atoms with Crippen molar-refractivity contribution in [3.8, 4) is 11.3 Å². The van der Waals surface area contributed by atoms with Crippen LogP contribution < -0.4 is 11.3 Å². The van der Waals surface area contributed by atoms with E-state index in [9.17, 15) is 9.18 Å². The monoisotopic (exact) mass is 465 g/mol. The minimum Gasteiger partial charge on any atom is -0.386 e. The van der Waals surface area contributed by atoms with E-state index in [2.05, 4.69) is 15.0 Å². The molecule has 8 nitrogen and oxygen atoms in total. The molecule has 0 saturated carbocycles. The molecular weight excluding hydrogens is 445 g/mol. The Balaban J connectivity index is 1.47. The lowest BCUT2D eigenvalue weighted by Gasteiger charge is -2.26. The molecule has 3 N–H and O–H groups in total. The molecule has 0 aliphatic carbocycles. The number of nitrogens with two attached hydrogens (primary N) is 1. The van der Waals surface area contributed by atoms with E-state index in [4.69, 9.17) is 15.8 Å². The highest BCUT2D eigenvalue weighted by Gasteiger charge is 2.41. The second kappa shape index (κ2) is 8.28. The summed E-state index contributed by atoms with van der Waals surface area (Å²) in [6, 6.07) is 19.5. The average Bonchev–Trinajstić information content (AvgIpc) is 3.24. The summed E-state index contributed by atoms with van der Waals surface area (Å²) >= 11 is 0. The predicted octanol–water partition coefficient (Wildman–Crippen LogP) is 3.29. The number of aromatic amines is 1. The van der Waals surface area contributed by atoms with Crippen LogP contribution in [-0.2, 0) is 6.54 Å². The van der Waals surface area contributed by atoms with Crippen LogP contribution in [0.15, 0.2) is 92.8 Å². The molecule has 35 heavy (non-hydrogen) atoms. The number of para-hydroxylation sites is 1. The van der Waals surface area contributed by atoms with Gasteiger partial charge < -0.3 is 10.7 Å². The van der Waals surface area contributed by atoms with E-state index < -0.39 is 6.17 Å². The van der Waals surface area contributed by atoms with Gasteiger partial charge in [0, 0.05) is 34.3 Å². The van der Waals surface area contributed by atoms with Gasteiger partial charge in [0.05, 0.1) is 23.5 Å². The van der Waals surface area contributed by atoms with Crippen LogP contribution in [0, 0.1) is 11.7 Å². The lowest BCUT2D eigenvalue weighted by molar-refractivity contribution is 0.214. The van der Waals surface area contributed by atoms with Crippen molar-refractivity contribution in [3.63, 3.8) is 0 Å². The molecule has 0 spiro atoms. The summed E-state index contributed by atoms with van der Waals surface area (Å²) in [5.41, 5.74) is 9.99. The summed E-state index contributed by atoms with van der Waals surface area (Å²) in [6.07, 6.45) is 2.62. The van der Waals surface area contributed by atoms with Crippen LogP contribution in [-0.4, -0.2) is 39.0 Å². The molecule has 2 unspecified atom stereocenters. The molecule has 4 aromatic rings. The number of halogens is 1. The van der Waals surface area contributed by atoms with Gasteiger partial charge in [-0.2, -0.15) is 5.10 Å². The molecule has 2 aliphatic heterocycles. The van der Waals surface area contributed by atoms with Crippen molar-refractivity contribution >= 4 is 28.8 Å². The van der Waals surface area contributed by atoms with E-state index in [0.29, 0.717) is 29.3 Å². The fourth-order valence-corrected chi connectivity index (χ4v) is 4.55. The largest absolute Gasteiger partial charge is 0.386 e. The van der Waals surface area contributed by atoms with Crippen molar-refractivity contribution in [2.75, 3.05) is 0 Å². The van der Waals surface area contributed by atoms with Crippen molar-refractivity contribution < 1.29 is 4.39 Å². The standard InChI is InChI=1S/C26H20FN7O/c27-19-7-3-2-6-18(19)23-17(11-15-5-1-4-8-20(15)32-23)13-34-26-22(25(28)30-14-31-26)24(33-34)16-9-10-21(35)29-12-16/h1-12,14,22,26H,13H2,(H,29,35)(H2,28,30,31). The number of hydrazone groups is 1. The summed E-state index contributed by atoms with van der Waals surface area (Å²) in [5.74, 6) is -0.333. The minimum atomic E-state index is -0.422. The molecule has 0 bridgehead atoms. The Bertz CT molecular complexity index is 1590. The summed E-state index contributed by atoms with van der Waals surface area (Å²) in [4.78, 5) is 27.8. The summed E-state index contributed by atoms with van der Waals surface area (Å²) in [6.45, 7) is 0.320. The molecule has 2 aliphatic rings. The number of fused-ring (bicyclic) bond motifs is 2. The number of aromatic nitrogens is 2. The fraction of sp³-hybridized carbons (Fsp3) is 0.115. The number of hydrogen-bond acceptors (Lipinski definition) is 7. The highest BCUT2D eigenvalue weighted by atomic mass is 19.1. The molecule has 0 amide bonds. The van der Waals surface area contributed by atoms with Crippen molar-refractivity contribution in [1.29, 1.82) is 0 Å². The number of aliphatic imine (C=N–C) groups is 2. The number of pyridine rings is 2. The number of nitrogens with zero attached hydrogens (tertiary/aromatic N) is 5. The van der Waals surface area contributed by atoms with Gasteiger partial charge in [-0.15, -0.1) is 0 Å². The number of H-pyrrole nitrogens is 1. The van der Waals surface area contributed by atoms with Gasteiger partial charge in [-0.05, 0) is 30.3 Å². The molecule has 4 heterocycles. The SMILES string of the molecule is NC1=NC=NC2C1C(c1ccc(=O)[nH]c1)=NN2Cc1cc2ccccc2nc1-c1ccccc1F. The number of amidine groups is 1. The maximum atomic E-state index is 14.8. The Hall–Kier alpha value is -4.66. The average molecular weight is 465 g/mol. The first-order chi connectivity index (χ1) is 17.1. The number of benzene rings is 2. The predicted molar refractivity (Wildman–Crippen MR) is 134 cm³/mol. The Labute approximate surface area is 199 Å². The molecule has 2 aromatic heterocycles. The third-order valence-corrected chi connectivity index (χ3v) is 6.22. The van der Waals surface area contributed by atoms with E-state index in [-0.39, 0.29) is 17.3 Å². The van der Waals surface area contributed by atoms with Gasteiger partial charge in [0.1, 0.15) is 23.9 Å². The molecule has 0 fully saturated rings. The third kappa shape index (κ3) is 3.67. The molecule has 6 rings (SSSR count). The second-order valence-corrected chi connectivity index (χ2v) is 8.40. The maximum Gasteiger partial charge on any atom is 0.247 e. The lowest BCUT2D eigenvalue weighted by atomic mass is 9.94. The molecular formula is C26H20FN7O. The molecule has 2 aromatic carbocycles. The second-order valence-electron chi connectivity index (χ2n) is 8.40. The molecule has 172 valence electrons. The minimum absolute atomic E-state index is 0.208. The van der Waals surface area contributed by atoms with E-state index in [0.717, 1.165) is 22.0 Å². The first kappa shape index (κ1) is 20.9. The van der Waals surface area contributed by atoms with Crippen LogP contribution in [0.5, 0.6) is 0 Å². The van der Waals surface area contributed by atoms with Crippen LogP contribution in [0.1, 0.15) is 11.1 Å². The van der Waals surface area contributed by atoms with Crippen LogP contribution in [0.4, 0.5) is 4.39 Å². The van der Waals surface area contributed by atoms with Crippen LogP contribution >= 0.6 is 0 Å². The Morgan fingerprint density at radius 2 is 1.89 bits per heavy atom. The zero-order valence-corrected chi connectivity index (χ0v) is 18.5. The van der Waals surface area contributed by atoms with Crippen molar-refractivity contribution in [2.45, 2.75) is 12.7 Å². The summed E-state index contributed by atoms with van der Waals surface area (Å²) in [5, 5.41) is 7.61. The van der Waals surface area contributed by atoms with Gasteiger partial charge in [-0.1, -0.05) is 30.3 Å². The Morgan fingerprint density at radius 3 is 2.71 bits per heavy atom. The van der Waals surface area contributed by atoms with Gasteiger partial charge in [0.15, 0.2) is 6.17 Å². The first-order valence-corrected chi connectivity index (χ1v) is 11.1. The van der Waals surface area contributed by atoms with E-state index in [1.54, 1.807) is 30.5 Å². The lowest BCUT2D eigenvalue weighted by Crippen LogP contribution is -2.42. The quantitative estimate of drug-likeness (QED) is 0.482. The van der Waals surface area contributed by atoms with Gasteiger partial charge in [0.25, 0.3) is 0 Å². The third-order valence-electron chi connectivity index (χ3n) is 6.22. The molecule has 9 heteroatoms. The van der Waals surface area contributed by atoms with E-state index in [1.807, 2.05) is 35.3 Å². The van der Waals surface area contributed by atoms with Crippen molar-refractivity contribution in [3.05, 3.63) is 100 Å². The van der Waals surface area contributed by atoms with Gasteiger partial charge in [-0.25, -0.2) is 19.4 Å². The smallest absolute Gasteiger partial charge is 0.247 e. The number of hydrogen-bond donors (Lipinski definition) is 2. The van der Waals surface area contributed by atoms with E-state index >= 15 is 0 Å². The fourth-order valence-electron chi connectivity index (χ4n) is 4.55. The van der Waals surface area contributed by atoms with Gasteiger partial charge in [-0.3, -0.25) is 9.80 Å². The van der Waals surface area contributed by atoms with Crippen LogP contribution in [0.2, 0.25) is 0 Å². The molecule has 0 radical (unpaired) electrons. The zero-order chi connectivity index (χ0) is 23.9. The van der Waals surface area contributed by atoms with Crippen LogP contribution in [0.25, 0.3) is 22.2 Å². The zero-order valence-electron chi connectivity index (χ0n) is 18.5. The van der Waals surface area contributed by atoms with Crippen molar-refractivity contribution in [2.24, 2.45) is 26.7 Å². The van der Waals surface area contributed by atoms with Crippen molar-refractivity contribution in [1.82, 2.24) is 15.0 Å². The molecule has 2 atom stereocenters. The highest BCUT2D eigenvalue weighted by molar-refractivity contribution is 6.17. The normalized spacial score (nSPS) is 18.9.